The Kier molecular flexibility index (Phi) is 3.36. The minimum Gasteiger partial charge on any atom is -0.469 e. The van der Waals surface area contributed by atoms with Crippen LogP contribution in [0.15, 0.2) is 17.1 Å². The van der Waals surface area contributed by atoms with Crippen molar-refractivity contribution < 1.29 is 22.7 Å². The van der Waals surface area contributed by atoms with E-state index in [0.717, 1.165) is 13.3 Å². The topological polar surface area (TPSA) is 59.2 Å². The molecule has 0 aliphatic carbocycles. The van der Waals surface area contributed by atoms with Crippen LogP contribution in [0.3, 0.4) is 0 Å². The third-order valence-electron chi connectivity index (χ3n) is 1.84. The molecule has 0 spiro atoms. The molecule has 0 bridgehead atoms. The minimum absolute atomic E-state index is 0.0405. The van der Waals surface area contributed by atoms with E-state index in [1.54, 1.807) is 0 Å². The summed E-state index contributed by atoms with van der Waals surface area (Å²) in [5.41, 5.74) is -2.52. The number of aromatic amines is 1. The van der Waals surface area contributed by atoms with E-state index in [-0.39, 0.29) is 12.0 Å². The number of ether oxygens (including phenoxy) is 1. The molecule has 7 heteroatoms. The van der Waals surface area contributed by atoms with Gasteiger partial charge in [-0.1, -0.05) is 0 Å². The Balaban J connectivity index is 3.08. The third kappa shape index (κ3) is 2.85. The van der Waals surface area contributed by atoms with E-state index in [0.29, 0.717) is 6.07 Å². The smallest absolute Gasteiger partial charge is 0.421 e. The number of carbonyl (C=O) groups excluding carboxylic acids is 1. The van der Waals surface area contributed by atoms with Crippen molar-refractivity contribution in [2.24, 2.45) is 0 Å². The summed E-state index contributed by atoms with van der Waals surface area (Å²) in [4.78, 5) is 23.6. The molecular weight excluding hydrogens is 227 g/mol. The van der Waals surface area contributed by atoms with Gasteiger partial charge in [0, 0.05) is 6.20 Å². The van der Waals surface area contributed by atoms with Crippen LogP contribution >= 0.6 is 0 Å². The van der Waals surface area contributed by atoms with Crippen molar-refractivity contribution in [2.45, 2.75) is 12.6 Å². The van der Waals surface area contributed by atoms with Gasteiger partial charge in [0.1, 0.15) is 5.56 Å². The molecule has 1 N–H and O–H groups in total. The molecule has 88 valence electrons. The van der Waals surface area contributed by atoms with Crippen LogP contribution in [0, 0.1) is 0 Å². The molecule has 16 heavy (non-hydrogen) atoms. The van der Waals surface area contributed by atoms with Gasteiger partial charge in [0.05, 0.1) is 13.5 Å². The Morgan fingerprint density at radius 2 is 2.12 bits per heavy atom. The Hall–Kier alpha value is -1.79. The van der Waals surface area contributed by atoms with E-state index in [9.17, 15) is 22.8 Å². The quantitative estimate of drug-likeness (QED) is 0.781. The van der Waals surface area contributed by atoms with Crippen molar-refractivity contribution >= 4 is 5.97 Å². The molecule has 1 aromatic rings. The summed E-state index contributed by atoms with van der Waals surface area (Å²) in [6.45, 7) is 0. The summed E-state index contributed by atoms with van der Waals surface area (Å²) in [6.07, 6.45) is -4.01. The molecule has 0 aliphatic rings. The zero-order chi connectivity index (χ0) is 12.3. The van der Waals surface area contributed by atoms with E-state index in [2.05, 4.69) is 4.74 Å². The third-order valence-corrected chi connectivity index (χ3v) is 1.84. The fourth-order valence-electron chi connectivity index (χ4n) is 1.08. The zero-order valence-corrected chi connectivity index (χ0v) is 8.22. The molecule has 0 aliphatic heterocycles. The molecule has 0 saturated heterocycles. The maximum absolute atomic E-state index is 12.3. The summed E-state index contributed by atoms with van der Waals surface area (Å²) in [5.74, 6) is -0.680. The molecule has 4 nitrogen and oxygen atoms in total. The standard InChI is InChI=1S/C9H8F3NO3/c1-16-7(14)3-5-2-6(9(10,11)12)8(15)13-4-5/h2,4H,3H2,1H3,(H,13,15). The van der Waals surface area contributed by atoms with Gasteiger partial charge >= 0.3 is 12.1 Å². The Labute approximate surface area is 88.0 Å². The fraction of sp³-hybridized carbons (Fsp3) is 0.333. The SMILES string of the molecule is COC(=O)Cc1c[nH]c(=O)c(C(F)(F)F)c1. The van der Waals surface area contributed by atoms with E-state index in [1.807, 2.05) is 4.98 Å². The highest BCUT2D eigenvalue weighted by atomic mass is 19.4. The van der Waals surface area contributed by atoms with Crippen molar-refractivity contribution in [1.82, 2.24) is 4.98 Å². The number of pyridine rings is 1. The predicted octanol–water partition coefficient (Wildman–Crippen LogP) is 1.11. The molecular formula is C9H8F3NO3. The van der Waals surface area contributed by atoms with Gasteiger partial charge in [-0.2, -0.15) is 13.2 Å². The first-order valence-electron chi connectivity index (χ1n) is 4.20. The highest BCUT2D eigenvalue weighted by molar-refractivity contribution is 5.72. The van der Waals surface area contributed by atoms with Crippen molar-refractivity contribution in [3.05, 3.63) is 33.7 Å². The molecule has 0 atom stereocenters. The molecule has 1 heterocycles. The Morgan fingerprint density at radius 1 is 1.50 bits per heavy atom. The number of methoxy groups -OCH3 is 1. The average Bonchev–Trinajstić information content (AvgIpc) is 2.19. The lowest BCUT2D eigenvalue weighted by atomic mass is 10.1. The number of rotatable bonds is 2. The van der Waals surface area contributed by atoms with Crippen LogP contribution in [0.25, 0.3) is 0 Å². The maximum atomic E-state index is 12.3. The van der Waals surface area contributed by atoms with Gasteiger partial charge in [-0.3, -0.25) is 9.59 Å². The van der Waals surface area contributed by atoms with Crippen molar-refractivity contribution in [3.8, 4) is 0 Å². The largest absolute Gasteiger partial charge is 0.469 e. The van der Waals surface area contributed by atoms with Crippen LogP contribution in [0.4, 0.5) is 13.2 Å². The second-order valence-corrected chi connectivity index (χ2v) is 3.00. The van der Waals surface area contributed by atoms with Crippen LogP contribution in [-0.2, 0) is 22.1 Å². The molecule has 0 fully saturated rings. The van der Waals surface area contributed by atoms with Gasteiger partial charge in [0.25, 0.3) is 5.56 Å². The zero-order valence-electron chi connectivity index (χ0n) is 8.22. The number of aromatic nitrogens is 1. The first kappa shape index (κ1) is 12.3. The summed E-state index contributed by atoms with van der Waals surface area (Å²) < 4.78 is 41.2. The number of halogens is 3. The summed E-state index contributed by atoms with van der Waals surface area (Å²) in [7, 11) is 1.12. The molecule has 0 radical (unpaired) electrons. The summed E-state index contributed by atoms with van der Waals surface area (Å²) >= 11 is 0. The van der Waals surface area contributed by atoms with Crippen molar-refractivity contribution in [3.63, 3.8) is 0 Å². The molecule has 0 aromatic carbocycles. The number of hydrogen-bond acceptors (Lipinski definition) is 3. The highest BCUT2D eigenvalue weighted by Crippen LogP contribution is 2.26. The number of esters is 1. The number of carbonyl (C=O) groups is 1. The van der Waals surface area contributed by atoms with Gasteiger partial charge in [-0.05, 0) is 11.6 Å². The fourth-order valence-corrected chi connectivity index (χ4v) is 1.08. The first-order valence-corrected chi connectivity index (χ1v) is 4.20. The number of nitrogens with one attached hydrogen (secondary N) is 1. The van der Waals surface area contributed by atoms with Crippen LogP contribution < -0.4 is 5.56 Å². The Bertz CT molecular complexity index is 450. The van der Waals surface area contributed by atoms with E-state index < -0.39 is 23.3 Å². The van der Waals surface area contributed by atoms with E-state index in [4.69, 9.17) is 0 Å². The van der Waals surface area contributed by atoms with Crippen LogP contribution in [-0.4, -0.2) is 18.1 Å². The minimum atomic E-state index is -4.74. The molecule has 0 saturated carbocycles. The van der Waals surface area contributed by atoms with Gasteiger partial charge < -0.3 is 9.72 Å². The summed E-state index contributed by atoms with van der Waals surface area (Å²) in [6, 6.07) is 0.635. The Morgan fingerprint density at radius 3 is 2.62 bits per heavy atom. The normalized spacial score (nSPS) is 11.2. The van der Waals surface area contributed by atoms with E-state index in [1.165, 1.54) is 0 Å². The number of hydrogen-bond donors (Lipinski definition) is 1. The van der Waals surface area contributed by atoms with Crippen molar-refractivity contribution in [2.75, 3.05) is 7.11 Å². The summed E-state index contributed by atoms with van der Waals surface area (Å²) in [5, 5.41) is 0. The average molecular weight is 235 g/mol. The van der Waals surface area contributed by atoms with Gasteiger partial charge in [-0.25, -0.2) is 0 Å². The maximum Gasteiger partial charge on any atom is 0.421 e. The van der Waals surface area contributed by atoms with Gasteiger partial charge in [0.2, 0.25) is 0 Å². The van der Waals surface area contributed by atoms with E-state index >= 15 is 0 Å². The second kappa shape index (κ2) is 4.38. The number of alkyl halides is 3. The van der Waals surface area contributed by atoms with Crippen LogP contribution in [0.2, 0.25) is 0 Å². The molecule has 0 unspecified atom stereocenters. The lowest BCUT2D eigenvalue weighted by Crippen LogP contribution is -2.22. The molecule has 1 aromatic heterocycles. The van der Waals surface area contributed by atoms with Crippen LogP contribution in [0.1, 0.15) is 11.1 Å². The highest BCUT2D eigenvalue weighted by Gasteiger charge is 2.34. The number of H-pyrrole nitrogens is 1. The lowest BCUT2D eigenvalue weighted by molar-refractivity contribution is -0.141. The monoisotopic (exact) mass is 235 g/mol. The molecule has 0 amide bonds. The molecule has 1 rings (SSSR count). The van der Waals surface area contributed by atoms with Gasteiger partial charge in [-0.15, -0.1) is 0 Å². The first-order chi connectivity index (χ1) is 7.34. The predicted molar refractivity (Wildman–Crippen MR) is 47.8 cm³/mol. The van der Waals surface area contributed by atoms with Gasteiger partial charge in [0.15, 0.2) is 0 Å². The van der Waals surface area contributed by atoms with Crippen LogP contribution in [0.5, 0.6) is 0 Å². The van der Waals surface area contributed by atoms with Crippen molar-refractivity contribution in [1.29, 1.82) is 0 Å². The lowest BCUT2D eigenvalue weighted by Gasteiger charge is -2.06. The second-order valence-electron chi connectivity index (χ2n) is 3.00.